The molecule has 0 aromatic heterocycles. The summed E-state index contributed by atoms with van der Waals surface area (Å²) in [6.45, 7) is 26.3. The maximum absolute atomic E-state index is 2.70. The van der Waals surface area contributed by atoms with E-state index in [-0.39, 0.29) is 28.4 Å². The number of benzene rings is 9. The van der Waals surface area contributed by atoms with E-state index in [9.17, 15) is 0 Å². The van der Waals surface area contributed by atoms with Crippen molar-refractivity contribution < 1.29 is 0 Å². The second kappa shape index (κ2) is 17.8. The monoisotopic (exact) mass is 976 g/mol. The van der Waals surface area contributed by atoms with Gasteiger partial charge in [0.05, 0.1) is 5.69 Å². The number of fused-ring (bicyclic) bond motifs is 5. The Morgan fingerprint density at radius 1 is 0.400 bits per heavy atom. The van der Waals surface area contributed by atoms with E-state index >= 15 is 0 Å². The molecule has 0 saturated carbocycles. The Morgan fingerprint density at radius 3 is 1.45 bits per heavy atom. The van der Waals surface area contributed by atoms with Crippen molar-refractivity contribution >= 4 is 74.3 Å². The first-order chi connectivity index (χ1) is 35.9. The fourth-order valence-electron chi connectivity index (χ4n) is 12.5. The molecule has 0 saturated heterocycles. The van der Waals surface area contributed by atoms with Gasteiger partial charge in [-0.1, -0.05) is 184 Å². The Kier molecular flexibility index (Phi) is 11.5. The average Bonchev–Trinajstić information content (AvgIpc) is 3.41. The van der Waals surface area contributed by atoms with Gasteiger partial charge in [0.1, 0.15) is 0 Å². The Bertz CT molecular complexity index is 3600. The van der Waals surface area contributed by atoms with Crippen LogP contribution < -0.4 is 31.1 Å². The molecule has 9 aromatic carbocycles. The van der Waals surface area contributed by atoms with Crippen molar-refractivity contribution in [1.29, 1.82) is 0 Å². The van der Waals surface area contributed by atoms with Crippen molar-refractivity contribution in [3.63, 3.8) is 0 Å². The summed E-state index contributed by atoms with van der Waals surface area (Å²) >= 11 is 0. The van der Waals surface area contributed by atoms with Gasteiger partial charge in [-0.15, -0.1) is 0 Å². The summed E-state index contributed by atoms with van der Waals surface area (Å²) in [5, 5.41) is 0. The Balaban J connectivity index is 1.23. The molecule has 0 fully saturated rings. The molecule has 75 heavy (non-hydrogen) atoms. The van der Waals surface area contributed by atoms with Crippen molar-refractivity contribution in [2.45, 2.75) is 111 Å². The van der Waals surface area contributed by atoms with E-state index in [0.717, 1.165) is 29.9 Å². The molecule has 0 spiro atoms. The summed E-state index contributed by atoms with van der Waals surface area (Å²) in [5.41, 5.74) is 26.2. The van der Waals surface area contributed by atoms with Crippen LogP contribution in [0.5, 0.6) is 0 Å². The van der Waals surface area contributed by atoms with E-state index < -0.39 is 0 Å². The number of aryl methyl sites for hydroxylation is 1. The highest BCUT2D eigenvalue weighted by atomic mass is 15.2. The third-order valence-electron chi connectivity index (χ3n) is 16.9. The van der Waals surface area contributed by atoms with E-state index in [4.69, 9.17) is 0 Å². The summed E-state index contributed by atoms with van der Waals surface area (Å²) < 4.78 is 0. The van der Waals surface area contributed by atoms with Crippen molar-refractivity contribution in [2.75, 3.05) is 14.7 Å². The normalized spacial score (nSPS) is 15.2. The second-order valence-corrected chi connectivity index (χ2v) is 25.0. The first-order valence-electron chi connectivity index (χ1n) is 27.3. The zero-order chi connectivity index (χ0) is 52.2. The van der Waals surface area contributed by atoms with Gasteiger partial charge >= 0.3 is 0 Å². The SMILES string of the molecule is Cc1cc(-c2ccccc2)ccc1N1c2ccc(N(c3ccccc3)c3ccccc3)cc2B2c3cc4c(cc3N(c3ccc(C(C)(C)C)cc3-c3ccccc3)c3cc(C(C)(C)C)cc1c32)C(C)(C)CCC4(C)C. The molecule has 372 valence electrons. The molecule has 2 aliphatic heterocycles. The molecule has 0 bridgehead atoms. The number of nitrogens with zero attached hydrogens (tertiary/aromatic N) is 3. The van der Waals surface area contributed by atoms with Crippen LogP contribution in [0.1, 0.15) is 110 Å². The second-order valence-electron chi connectivity index (χ2n) is 25.0. The van der Waals surface area contributed by atoms with Gasteiger partial charge in [0, 0.05) is 51.1 Å². The van der Waals surface area contributed by atoms with Crippen molar-refractivity contribution in [3.8, 4) is 22.3 Å². The Labute approximate surface area is 447 Å². The van der Waals surface area contributed by atoms with Crippen LogP contribution in [0.4, 0.5) is 51.2 Å². The molecule has 0 radical (unpaired) electrons. The highest BCUT2D eigenvalue weighted by molar-refractivity contribution is 7.00. The molecule has 3 aliphatic rings. The zero-order valence-corrected chi connectivity index (χ0v) is 45.9. The molecule has 2 heterocycles. The van der Waals surface area contributed by atoms with Gasteiger partial charge in [0.25, 0.3) is 6.71 Å². The van der Waals surface area contributed by atoms with Gasteiger partial charge < -0.3 is 14.7 Å². The molecule has 4 heteroatoms. The standard InChI is InChI=1S/C71H70BN3/c1-47-40-50(48-24-16-12-17-25-48)32-35-61(47)74-63-37-34-55(73(53-28-20-14-21-29-53)54-30-22-15-23-31-54)44-59(63)72-60-45-57-58(71(10,11)39-38-70(57,8)9)46-64(60)75(66-43-52(69(5,6)7)42-65(74)67(66)72)62-36-33-51(68(2,3)4)41-56(62)49-26-18-13-19-27-49/h12-37,40-46H,38-39H2,1-11H3. The smallest absolute Gasteiger partial charge is 0.252 e. The molecular weight excluding hydrogens is 906 g/mol. The quantitative estimate of drug-likeness (QED) is 0.147. The van der Waals surface area contributed by atoms with Gasteiger partial charge in [0.2, 0.25) is 0 Å². The third-order valence-corrected chi connectivity index (χ3v) is 16.9. The molecule has 12 rings (SSSR count). The van der Waals surface area contributed by atoms with E-state index in [1.807, 2.05) is 0 Å². The van der Waals surface area contributed by atoms with Crippen molar-refractivity contribution in [1.82, 2.24) is 0 Å². The lowest BCUT2D eigenvalue weighted by molar-refractivity contribution is 0.332. The lowest BCUT2D eigenvalue weighted by Gasteiger charge is -2.48. The Morgan fingerprint density at radius 2 is 0.893 bits per heavy atom. The summed E-state index contributed by atoms with van der Waals surface area (Å²) in [7, 11) is 0. The minimum atomic E-state index is -0.166. The fourth-order valence-corrected chi connectivity index (χ4v) is 12.5. The predicted octanol–water partition coefficient (Wildman–Crippen LogP) is 17.8. The summed E-state index contributed by atoms with van der Waals surface area (Å²) in [6.07, 6.45) is 2.28. The molecule has 1 aliphatic carbocycles. The number of anilines is 9. The number of hydrogen-bond donors (Lipinski definition) is 0. The molecule has 0 amide bonds. The molecule has 9 aromatic rings. The van der Waals surface area contributed by atoms with E-state index in [1.54, 1.807) is 0 Å². The van der Waals surface area contributed by atoms with E-state index in [1.165, 1.54) is 101 Å². The maximum atomic E-state index is 2.70. The van der Waals surface area contributed by atoms with Gasteiger partial charge in [-0.3, -0.25) is 0 Å². The lowest BCUT2D eigenvalue weighted by Crippen LogP contribution is -2.62. The minimum absolute atomic E-state index is 0.00607. The summed E-state index contributed by atoms with van der Waals surface area (Å²) in [4.78, 5) is 7.75. The third kappa shape index (κ3) is 8.29. The summed E-state index contributed by atoms with van der Waals surface area (Å²) in [6, 6.07) is 75.8. The zero-order valence-electron chi connectivity index (χ0n) is 45.9. The summed E-state index contributed by atoms with van der Waals surface area (Å²) in [5.74, 6) is 0. The van der Waals surface area contributed by atoms with Crippen molar-refractivity contribution in [3.05, 3.63) is 228 Å². The number of hydrogen-bond acceptors (Lipinski definition) is 3. The minimum Gasteiger partial charge on any atom is -0.311 e. The molecule has 0 atom stereocenters. The Hall–Kier alpha value is -7.56. The van der Waals surface area contributed by atoms with Crippen LogP contribution in [-0.2, 0) is 21.7 Å². The molecule has 0 unspecified atom stereocenters. The lowest BCUT2D eigenvalue weighted by atomic mass is 9.33. The highest BCUT2D eigenvalue weighted by Crippen LogP contribution is 2.53. The largest absolute Gasteiger partial charge is 0.311 e. The van der Waals surface area contributed by atoms with Crippen molar-refractivity contribution in [2.24, 2.45) is 0 Å². The van der Waals surface area contributed by atoms with Gasteiger partial charge in [-0.2, -0.15) is 0 Å². The molecule has 0 N–H and O–H groups in total. The first-order valence-corrected chi connectivity index (χ1v) is 27.3. The average molecular weight is 976 g/mol. The van der Waals surface area contributed by atoms with Gasteiger partial charge in [0.15, 0.2) is 0 Å². The maximum Gasteiger partial charge on any atom is 0.252 e. The number of para-hydroxylation sites is 2. The van der Waals surface area contributed by atoms with Gasteiger partial charge in [-0.25, -0.2) is 0 Å². The van der Waals surface area contributed by atoms with E-state index in [0.29, 0.717) is 0 Å². The topological polar surface area (TPSA) is 9.72 Å². The van der Waals surface area contributed by atoms with Crippen LogP contribution in [-0.4, -0.2) is 6.71 Å². The van der Waals surface area contributed by atoms with Crippen LogP contribution in [0.25, 0.3) is 22.3 Å². The van der Waals surface area contributed by atoms with Crippen LogP contribution in [0.3, 0.4) is 0 Å². The van der Waals surface area contributed by atoms with Gasteiger partial charge in [-0.05, 0) is 187 Å². The van der Waals surface area contributed by atoms with Crippen LogP contribution >= 0.6 is 0 Å². The highest BCUT2D eigenvalue weighted by Gasteiger charge is 2.47. The molecule has 3 nitrogen and oxygen atoms in total. The molecular formula is C71H70BN3. The van der Waals surface area contributed by atoms with Crippen LogP contribution in [0.2, 0.25) is 0 Å². The first kappa shape index (κ1) is 48.4. The van der Waals surface area contributed by atoms with E-state index in [2.05, 4.69) is 291 Å². The predicted molar refractivity (Wildman–Crippen MR) is 323 cm³/mol. The van der Waals surface area contributed by atoms with Crippen LogP contribution in [0.15, 0.2) is 200 Å². The number of rotatable bonds is 7. The fraction of sp³-hybridized carbons (Fsp3) is 0.239. The van der Waals surface area contributed by atoms with Crippen LogP contribution in [0, 0.1) is 6.92 Å².